The van der Waals surface area contributed by atoms with E-state index in [0.29, 0.717) is 30.3 Å². The molecule has 1 N–H and O–H groups in total. The lowest BCUT2D eigenvalue weighted by Gasteiger charge is -2.24. The number of aromatic carboxylic acids is 1. The Labute approximate surface area is 117 Å². The van der Waals surface area contributed by atoms with Gasteiger partial charge in [0.15, 0.2) is 5.58 Å². The van der Waals surface area contributed by atoms with Crippen LogP contribution >= 0.6 is 0 Å². The van der Waals surface area contributed by atoms with Gasteiger partial charge < -0.3 is 19.2 Å². The Morgan fingerprint density at radius 2 is 2.25 bits per heavy atom. The third kappa shape index (κ3) is 2.91. The van der Waals surface area contributed by atoms with Gasteiger partial charge in [-0.2, -0.15) is 4.98 Å². The van der Waals surface area contributed by atoms with Gasteiger partial charge in [0.05, 0.1) is 12.2 Å². The van der Waals surface area contributed by atoms with E-state index in [4.69, 9.17) is 14.3 Å². The smallest absolute Gasteiger partial charge is 0.335 e. The van der Waals surface area contributed by atoms with Crippen molar-refractivity contribution in [3.8, 4) is 0 Å². The molecule has 1 heterocycles. The Balaban J connectivity index is 2.36. The molecular formula is C14H18N2O4. The SMILES string of the molecule is COCCN(c1nc2ccc(C(=O)O)cc2o1)C(C)C. The van der Waals surface area contributed by atoms with Crippen LogP contribution in [0.2, 0.25) is 0 Å². The van der Waals surface area contributed by atoms with E-state index in [1.807, 2.05) is 18.7 Å². The average Bonchev–Trinajstić information content (AvgIpc) is 2.80. The van der Waals surface area contributed by atoms with Crippen molar-refractivity contribution in [2.45, 2.75) is 19.9 Å². The topological polar surface area (TPSA) is 75.8 Å². The van der Waals surface area contributed by atoms with Crippen LogP contribution in [0.15, 0.2) is 22.6 Å². The van der Waals surface area contributed by atoms with Crippen molar-refractivity contribution in [3.05, 3.63) is 23.8 Å². The molecule has 0 fully saturated rings. The molecule has 20 heavy (non-hydrogen) atoms. The average molecular weight is 278 g/mol. The number of hydrogen-bond donors (Lipinski definition) is 1. The van der Waals surface area contributed by atoms with Crippen LogP contribution in [-0.4, -0.2) is 42.4 Å². The largest absolute Gasteiger partial charge is 0.478 e. The quantitative estimate of drug-likeness (QED) is 0.874. The molecule has 0 saturated heterocycles. The van der Waals surface area contributed by atoms with Gasteiger partial charge >= 0.3 is 5.97 Å². The predicted molar refractivity (Wildman–Crippen MR) is 75.3 cm³/mol. The lowest BCUT2D eigenvalue weighted by Crippen LogP contribution is -2.34. The van der Waals surface area contributed by atoms with Gasteiger partial charge in [-0.1, -0.05) is 0 Å². The second kappa shape index (κ2) is 5.92. The molecule has 0 spiro atoms. The van der Waals surface area contributed by atoms with E-state index in [1.54, 1.807) is 13.2 Å². The molecule has 2 aromatic rings. The predicted octanol–water partition coefficient (Wildman–Crippen LogP) is 2.39. The molecule has 0 aliphatic heterocycles. The van der Waals surface area contributed by atoms with E-state index in [-0.39, 0.29) is 11.6 Å². The second-order valence-electron chi connectivity index (χ2n) is 4.76. The van der Waals surface area contributed by atoms with Gasteiger partial charge in [0.25, 0.3) is 6.01 Å². The molecule has 0 saturated carbocycles. The first-order valence-corrected chi connectivity index (χ1v) is 6.42. The minimum atomic E-state index is -0.982. The molecule has 0 atom stereocenters. The monoisotopic (exact) mass is 278 g/mol. The zero-order chi connectivity index (χ0) is 14.7. The van der Waals surface area contributed by atoms with Crippen molar-refractivity contribution in [1.82, 2.24) is 4.98 Å². The van der Waals surface area contributed by atoms with Crippen LogP contribution in [0.4, 0.5) is 6.01 Å². The number of carboxylic acids is 1. The summed E-state index contributed by atoms with van der Waals surface area (Å²) < 4.78 is 10.8. The molecule has 0 radical (unpaired) electrons. The van der Waals surface area contributed by atoms with Gasteiger partial charge in [0, 0.05) is 19.7 Å². The van der Waals surface area contributed by atoms with Crippen LogP contribution in [-0.2, 0) is 4.74 Å². The molecule has 0 amide bonds. The van der Waals surface area contributed by atoms with Crippen LogP contribution < -0.4 is 4.90 Å². The number of rotatable bonds is 6. The lowest BCUT2D eigenvalue weighted by molar-refractivity contribution is 0.0697. The Bertz CT molecular complexity index is 606. The highest BCUT2D eigenvalue weighted by Crippen LogP contribution is 2.24. The summed E-state index contributed by atoms with van der Waals surface area (Å²) in [4.78, 5) is 17.3. The summed E-state index contributed by atoms with van der Waals surface area (Å²) in [6, 6.07) is 5.35. The summed E-state index contributed by atoms with van der Waals surface area (Å²) >= 11 is 0. The van der Waals surface area contributed by atoms with Crippen LogP contribution in [0.5, 0.6) is 0 Å². The number of nitrogens with zero attached hydrogens (tertiary/aromatic N) is 2. The van der Waals surface area contributed by atoms with Crippen molar-refractivity contribution >= 4 is 23.1 Å². The molecule has 6 nitrogen and oxygen atoms in total. The number of methoxy groups -OCH3 is 1. The maximum atomic E-state index is 10.9. The molecule has 6 heteroatoms. The number of hydrogen-bond acceptors (Lipinski definition) is 5. The van der Waals surface area contributed by atoms with E-state index in [0.717, 1.165) is 0 Å². The standard InChI is InChI=1S/C14H18N2O4/c1-9(2)16(6-7-19-3)14-15-11-5-4-10(13(17)18)8-12(11)20-14/h4-5,8-9H,6-7H2,1-3H3,(H,17,18). The minimum absolute atomic E-state index is 0.188. The Morgan fingerprint density at radius 1 is 1.50 bits per heavy atom. The number of anilines is 1. The molecule has 0 unspecified atom stereocenters. The summed E-state index contributed by atoms with van der Waals surface area (Å²) in [7, 11) is 1.64. The molecule has 0 aliphatic rings. The van der Waals surface area contributed by atoms with Gasteiger partial charge in [0.2, 0.25) is 0 Å². The van der Waals surface area contributed by atoms with E-state index >= 15 is 0 Å². The number of carbonyl (C=O) groups is 1. The fraction of sp³-hybridized carbons (Fsp3) is 0.429. The van der Waals surface area contributed by atoms with Crippen molar-refractivity contribution in [2.75, 3.05) is 25.2 Å². The summed E-state index contributed by atoms with van der Waals surface area (Å²) in [6.07, 6.45) is 0. The van der Waals surface area contributed by atoms with Gasteiger partial charge in [-0.15, -0.1) is 0 Å². The molecule has 0 bridgehead atoms. The molecular weight excluding hydrogens is 260 g/mol. The third-order valence-corrected chi connectivity index (χ3v) is 3.03. The number of benzene rings is 1. The Morgan fingerprint density at radius 3 is 2.85 bits per heavy atom. The van der Waals surface area contributed by atoms with E-state index < -0.39 is 5.97 Å². The van der Waals surface area contributed by atoms with E-state index in [9.17, 15) is 4.79 Å². The van der Waals surface area contributed by atoms with E-state index in [1.165, 1.54) is 12.1 Å². The summed E-state index contributed by atoms with van der Waals surface area (Å²) in [5.41, 5.74) is 1.31. The number of ether oxygens (including phenoxy) is 1. The highest BCUT2D eigenvalue weighted by molar-refractivity contribution is 5.92. The third-order valence-electron chi connectivity index (χ3n) is 3.03. The molecule has 1 aromatic carbocycles. The first-order chi connectivity index (χ1) is 9.52. The number of carboxylic acid groups (broad SMARTS) is 1. The van der Waals surface area contributed by atoms with Crippen LogP contribution in [0.25, 0.3) is 11.1 Å². The summed E-state index contributed by atoms with van der Waals surface area (Å²) in [5.74, 6) is -0.982. The fourth-order valence-electron chi connectivity index (χ4n) is 1.93. The first kappa shape index (κ1) is 14.3. The van der Waals surface area contributed by atoms with Gasteiger partial charge in [-0.25, -0.2) is 4.79 Å². The molecule has 1 aromatic heterocycles. The number of oxazole rings is 1. The lowest BCUT2D eigenvalue weighted by atomic mass is 10.2. The summed E-state index contributed by atoms with van der Waals surface area (Å²) in [6.45, 7) is 5.30. The normalized spacial score (nSPS) is 11.2. The van der Waals surface area contributed by atoms with Crippen LogP contribution in [0.1, 0.15) is 24.2 Å². The van der Waals surface area contributed by atoms with Crippen LogP contribution in [0.3, 0.4) is 0 Å². The maximum absolute atomic E-state index is 10.9. The van der Waals surface area contributed by atoms with Crippen molar-refractivity contribution in [1.29, 1.82) is 0 Å². The zero-order valence-electron chi connectivity index (χ0n) is 11.8. The van der Waals surface area contributed by atoms with E-state index in [2.05, 4.69) is 4.98 Å². The Kier molecular flexibility index (Phi) is 4.24. The molecule has 2 rings (SSSR count). The summed E-state index contributed by atoms with van der Waals surface area (Å²) in [5, 5.41) is 8.98. The van der Waals surface area contributed by atoms with Crippen molar-refractivity contribution < 1.29 is 19.1 Å². The van der Waals surface area contributed by atoms with Gasteiger partial charge in [0.1, 0.15) is 5.52 Å². The van der Waals surface area contributed by atoms with Crippen molar-refractivity contribution in [3.63, 3.8) is 0 Å². The molecule has 0 aliphatic carbocycles. The minimum Gasteiger partial charge on any atom is -0.478 e. The first-order valence-electron chi connectivity index (χ1n) is 6.42. The fourth-order valence-corrected chi connectivity index (χ4v) is 1.93. The van der Waals surface area contributed by atoms with Crippen molar-refractivity contribution in [2.24, 2.45) is 0 Å². The second-order valence-corrected chi connectivity index (χ2v) is 4.76. The molecule has 108 valence electrons. The highest BCUT2D eigenvalue weighted by atomic mass is 16.5. The van der Waals surface area contributed by atoms with Gasteiger partial charge in [-0.05, 0) is 32.0 Å². The zero-order valence-corrected chi connectivity index (χ0v) is 11.8. The maximum Gasteiger partial charge on any atom is 0.335 e. The van der Waals surface area contributed by atoms with Crippen LogP contribution in [0, 0.1) is 0 Å². The number of fused-ring (bicyclic) bond motifs is 1. The Hall–Kier alpha value is -2.08. The number of aromatic nitrogens is 1. The highest BCUT2D eigenvalue weighted by Gasteiger charge is 2.17. The van der Waals surface area contributed by atoms with Gasteiger partial charge in [-0.3, -0.25) is 0 Å².